The molecule has 2 amide bonds. The second-order valence-electron chi connectivity index (χ2n) is 4.65. The van der Waals surface area contributed by atoms with Gasteiger partial charge in [0.25, 0.3) is 5.91 Å². The van der Waals surface area contributed by atoms with Crippen LogP contribution in [-0.4, -0.2) is 30.5 Å². The Labute approximate surface area is 147 Å². The molecule has 0 saturated heterocycles. The number of carbonyl (C=O) groups is 2. The monoisotopic (exact) mass is 425 g/mol. The predicted octanol–water partition coefficient (Wildman–Crippen LogP) is 1.74. The minimum Gasteiger partial charge on any atom is -0.481 e. The van der Waals surface area contributed by atoms with Crippen LogP contribution in [0.2, 0.25) is 0 Å². The maximum atomic E-state index is 12.0. The molecule has 0 unspecified atom stereocenters. The lowest BCUT2D eigenvalue weighted by Gasteiger charge is -2.08. The third-order valence-corrected chi connectivity index (χ3v) is 3.97. The predicted molar refractivity (Wildman–Crippen MR) is 94.1 cm³/mol. The molecule has 2 aromatic rings. The second-order valence-corrected chi connectivity index (χ2v) is 5.81. The first kappa shape index (κ1) is 17.2. The maximum absolute atomic E-state index is 12.0. The Morgan fingerprint density at radius 1 is 1.22 bits per heavy atom. The molecule has 0 atom stereocenters. The first-order valence-corrected chi connectivity index (χ1v) is 7.96. The number of rotatable bonds is 6. The summed E-state index contributed by atoms with van der Waals surface area (Å²) in [5, 5.41) is 5.34. The standard InChI is InChI=1S/C16H16IN3O3/c1-23-15-8-11(6-7-18-15)9-19-14(21)10-20-16(22)12-4-2-3-5-13(12)17/h2-8H,9-10H2,1H3,(H,19,21)(H,20,22). The Morgan fingerprint density at radius 2 is 2.00 bits per heavy atom. The molecule has 0 aliphatic rings. The minimum absolute atomic E-state index is 0.0774. The lowest BCUT2D eigenvalue weighted by atomic mass is 10.2. The highest BCUT2D eigenvalue weighted by Gasteiger charge is 2.10. The Kier molecular flexibility index (Phi) is 6.33. The summed E-state index contributed by atoms with van der Waals surface area (Å²) in [6, 6.07) is 10.7. The van der Waals surface area contributed by atoms with Gasteiger partial charge in [-0.25, -0.2) is 4.98 Å². The summed E-state index contributed by atoms with van der Waals surface area (Å²) in [5.74, 6) is -0.0421. The van der Waals surface area contributed by atoms with Crippen LogP contribution in [0.25, 0.3) is 0 Å². The van der Waals surface area contributed by atoms with Gasteiger partial charge in [0, 0.05) is 22.4 Å². The first-order chi connectivity index (χ1) is 11.1. The van der Waals surface area contributed by atoms with E-state index in [2.05, 4.69) is 38.2 Å². The molecule has 1 heterocycles. The SMILES string of the molecule is COc1cc(CNC(=O)CNC(=O)c2ccccc2I)ccn1. The van der Waals surface area contributed by atoms with Crippen LogP contribution >= 0.6 is 22.6 Å². The van der Waals surface area contributed by atoms with Gasteiger partial charge in [0.15, 0.2) is 0 Å². The van der Waals surface area contributed by atoms with Crippen molar-refractivity contribution >= 4 is 34.4 Å². The van der Waals surface area contributed by atoms with Crippen molar-refractivity contribution in [3.8, 4) is 5.88 Å². The highest BCUT2D eigenvalue weighted by atomic mass is 127. The zero-order valence-electron chi connectivity index (χ0n) is 12.5. The van der Waals surface area contributed by atoms with E-state index < -0.39 is 0 Å². The number of methoxy groups -OCH3 is 1. The maximum Gasteiger partial charge on any atom is 0.252 e. The van der Waals surface area contributed by atoms with Crippen LogP contribution < -0.4 is 15.4 Å². The van der Waals surface area contributed by atoms with Crippen LogP contribution in [0.15, 0.2) is 42.6 Å². The van der Waals surface area contributed by atoms with E-state index in [1.54, 1.807) is 30.5 Å². The van der Waals surface area contributed by atoms with Crippen LogP contribution in [-0.2, 0) is 11.3 Å². The molecule has 0 radical (unpaired) electrons. The van der Waals surface area contributed by atoms with Gasteiger partial charge in [-0.05, 0) is 46.4 Å². The number of nitrogens with one attached hydrogen (secondary N) is 2. The summed E-state index contributed by atoms with van der Waals surface area (Å²) in [5.41, 5.74) is 1.42. The number of benzene rings is 1. The summed E-state index contributed by atoms with van der Waals surface area (Å²) in [4.78, 5) is 27.8. The summed E-state index contributed by atoms with van der Waals surface area (Å²) in [6.45, 7) is 0.266. The topological polar surface area (TPSA) is 80.3 Å². The quantitative estimate of drug-likeness (QED) is 0.692. The van der Waals surface area contributed by atoms with E-state index in [-0.39, 0.29) is 18.4 Å². The van der Waals surface area contributed by atoms with Crippen LogP contribution in [0.1, 0.15) is 15.9 Å². The molecule has 0 spiro atoms. The number of amides is 2. The van der Waals surface area contributed by atoms with Crippen LogP contribution in [0.4, 0.5) is 0 Å². The van der Waals surface area contributed by atoms with Crippen LogP contribution in [0, 0.1) is 3.57 Å². The van der Waals surface area contributed by atoms with Gasteiger partial charge < -0.3 is 15.4 Å². The van der Waals surface area contributed by atoms with E-state index >= 15 is 0 Å². The minimum atomic E-state index is -0.268. The molecule has 2 N–H and O–H groups in total. The van der Waals surface area contributed by atoms with E-state index in [1.807, 2.05) is 12.1 Å². The number of hydrogen-bond donors (Lipinski definition) is 2. The van der Waals surface area contributed by atoms with E-state index in [9.17, 15) is 9.59 Å². The molecular weight excluding hydrogens is 409 g/mol. The van der Waals surface area contributed by atoms with Gasteiger partial charge in [0.05, 0.1) is 19.2 Å². The highest BCUT2D eigenvalue weighted by molar-refractivity contribution is 14.1. The highest BCUT2D eigenvalue weighted by Crippen LogP contribution is 2.11. The van der Waals surface area contributed by atoms with Crippen molar-refractivity contribution in [2.45, 2.75) is 6.54 Å². The largest absolute Gasteiger partial charge is 0.481 e. The van der Waals surface area contributed by atoms with Gasteiger partial charge in [0.1, 0.15) is 0 Å². The van der Waals surface area contributed by atoms with Crippen LogP contribution in [0.5, 0.6) is 5.88 Å². The summed E-state index contributed by atoms with van der Waals surface area (Å²) < 4.78 is 5.86. The fourth-order valence-electron chi connectivity index (χ4n) is 1.84. The smallest absolute Gasteiger partial charge is 0.252 e. The van der Waals surface area contributed by atoms with Crippen molar-refractivity contribution in [1.82, 2.24) is 15.6 Å². The molecule has 0 aliphatic carbocycles. The fourth-order valence-corrected chi connectivity index (χ4v) is 2.47. The normalized spacial score (nSPS) is 10.0. The van der Waals surface area contributed by atoms with Crippen molar-refractivity contribution in [3.63, 3.8) is 0 Å². The number of aromatic nitrogens is 1. The van der Waals surface area contributed by atoms with Crippen LogP contribution in [0.3, 0.4) is 0 Å². The Morgan fingerprint density at radius 3 is 2.74 bits per heavy atom. The van der Waals surface area contributed by atoms with Crippen molar-refractivity contribution in [2.24, 2.45) is 0 Å². The van der Waals surface area contributed by atoms with Gasteiger partial charge in [-0.2, -0.15) is 0 Å². The zero-order valence-corrected chi connectivity index (χ0v) is 14.7. The molecule has 1 aromatic carbocycles. The summed E-state index contributed by atoms with van der Waals surface area (Å²) in [6.07, 6.45) is 1.61. The van der Waals surface area contributed by atoms with Crippen molar-refractivity contribution in [2.75, 3.05) is 13.7 Å². The summed E-state index contributed by atoms with van der Waals surface area (Å²) in [7, 11) is 1.53. The first-order valence-electron chi connectivity index (χ1n) is 6.88. The van der Waals surface area contributed by atoms with E-state index in [4.69, 9.17) is 4.74 Å². The average Bonchev–Trinajstić information content (AvgIpc) is 2.58. The average molecular weight is 425 g/mol. The molecule has 0 bridgehead atoms. The molecule has 120 valence electrons. The number of halogens is 1. The van der Waals surface area contributed by atoms with Gasteiger partial charge in [-0.15, -0.1) is 0 Å². The number of hydrogen-bond acceptors (Lipinski definition) is 4. The molecule has 7 heteroatoms. The van der Waals surface area contributed by atoms with Gasteiger partial charge >= 0.3 is 0 Å². The van der Waals surface area contributed by atoms with Crippen molar-refractivity contribution < 1.29 is 14.3 Å². The molecule has 2 rings (SSSR count). The lowest BCUT2D eigenvalue weighted by Crippen LogP contribution is -2.36. The van der Waals surface area contributed by atoms with E-state index in [0.717, 1.165) is 9.13 Å². The summed E-state index contributed by atoms with van der Waals surface area (Å²) >= 11 is 2.08. The van der Waals surface area contributed by atoms with Gasteiger partial charge in [-0.3, -0.25) is 9.59 Å². The molecule has 0 fully saturated rings. The zero-order chi connectivity index (χ0) is 16.7. The molecule has 0 aliphatic heterocycles. The van der Waals surface area contributed by atoms with E-state index in [0.29, 0.717) is 18.0 Å². The van der Waals surface area contributed by atoms with Gasteiger partial charge in [-0.1, -0.05) is 12.1 Å². The molecule has 0 saturated carbocycles. The number of pyridine rings is 1. The molecule has 6 nitrogen and oxygen atoms in total. The lowest BCUT2D eigenvalue weighted by molar-refractivity contribution is -0.120. The molecule has 23 heavy (non-hydrogen) atoms. The third kappa shape index (κ3) is 5.20. The second kappa shape index (κ2) is 8.47. The van der Waals surface area contributed by atoms with Gasteiger partial charge in [0.2, 0.25) is 11.8 Å². The fraction of sp³-hybridized carbons (Fsp3) is 0.188. The number of nitrogens with zero attached hydrogens (tertiary/aromatic N) is 1. The molecule has 1 aromatic heterocycles. The Hall–Kier alpha value is -2.16. The third-order valence-electron chi connectivity index (χ3n) is 3.03. The number of ether oxygens (including phenoxy) is 1. The number of carbonyl (C=O) groups excluding carboxylic acids is 2. The van der Waals surface area contributed by atoms with Crippen molar-refractivity contribution in [1.29, 1.82) is 0 Å². The van der Waals surface area contributed by atoms with Crippen molar-refractivity contribution in [3.05, 3.63) is 57.3 Å². The molecular formula is C16H16IN3O3. The van der Waals surface area contributed by atoms with E-state index in [1.165, 1.54) is 7.11 Å². The Bertz CT molecular complexity index is 706. The Balaban J connectivity index is 1.81.